The molecule has 1 aliphatic heterocycles. The summed E-state index contributed by atoms with van der Waals surface area (Å²) in [4.78, 5) is 22.7. The quantitative estimate of drug-likeness (QED) is 0.705. The van der Waals surface area contributed by atoms with Gasteiger partial charge in [-0.2, -0.15) is 0 Å². The molecule has 16 heavy (non-hydrogen) atoms. The van der Waals surface area contributed by atoms with E-state index in [0.717, 1.165) is 0 Å². The fourth-order valence-corrected chi connectivity index (χ4v) is 1.59. The first-order valence-corrected chi connectivity index (χ1v) is 4.63. The number of hydrogen-bond donors (Lipinski definition) is 0. The van der Waals surface area contributed by atoms with Crippen molar-refractivity contribution in [2.75, 3.05) is 14.2 Å². The highest BCUT2D eigenvalue weighted by molar-refractivity contribution is 5.96. The van der Waals surface area contributed by atoms with Crippen molar-refractivity contribution in [2.45, 2.75) is 6.29 Å². The van der Waals surface area contributed by atoms with E-state index in [1.807, 2.05) is 0 Å². The van der Waals surface area contributed by atoms with Gasteiger partial charge in [-0.25, -0.2) is 9.59 Å². The van der Waals surface area contributed by atoms with Gasteiger partial charge in [0.05, 0.1) is 18.2 Å². The van der Waals surface area contributed by atoms with Crippen LogP contribution in [0.1, 0.15) is 32.6 Å². The summed E-state index contributed by atoms with van der Waals surface area (Å²) in [5.74, 6) is -0.907. The zero-order valence-corrected chi connectivity index (χ0v) is 8.85. The number of cyclic esters (lactones) is 1. The molecule has 1 aliphatic rings. The number of carbonyl (C=O) groups excluding carboxylic acids is 2. The number of methoxy groups -OCH3 is 2. The molecule has 5 nitrogen and oxygen atoms in total. The standard InChI is InChI=1S/C11H10O5/c1-14-9(12)6-3-4-7-8(5-6)11(15-2)16-10(7)13/h3-5,11H,1-2H3/t11-/m1/s1. The molecule has 0 aromatic heterocycles. The summed E-state index contributed by atoms with van der Waals surface area (Å²) in [5, 5.41) is 0. The Morgan fingerprint density at radius 1 is 1.38 bits per heavy atom. The van der Waals surface area contributed by atoms with E-state index >= 15 is 0 Å². The lowest BCUT2D eigenvalue weighted by atomic mass is 10.1. The van der Waals surface area contributed by atoms with Crippen LogP contribution in [0.5, 0.6) is 0 Å². The van der Waals surface area contributed by atoms with Crippen molar-refractivity contribution in [1.82, 2.24) is 0 Å². The molecule has 0 fully saturated rings. The molecular formula is C11H10O5. The predicted octanol–water partition coefficient (Wildman–Crippen LogP) is 1.29. The van der Waals surface area contributed by atoms with Crippen LogP contribution in [0.15, 0.2) is 18.2 Å². The highest BCUT2D eigenvalue weighted by Gasteiger charge is 2.31. The van der Waals surface area contributed by atoms with Crippen LogP contribution in [0.2, 0.25) is 0 Å². The Kier molecular flexibility index (Phi) is 2.62. The van der Waals surface area contributed by atoms with Crippen LogP contribution >= 0.6 is 0 Å². The average Bonchev–Trinajstić information content (AvgIpc) is 2.64. The van der Waals surface area contributed by atoms with Crippen LogP contribution in [-0.4, -0.2) is 26.2 Å². The van der Waals surface area contributed by atoms with Crippen molar-refractivity contribution >= 4 is 11.9 Å². The van der Waals surface area contributed by atoms with Gasteiger partial charge in [-0.05, 0) is 18.2 Å². The fraction of sp³-hybridized carbons (Fsp3) is 0.273. The van der Waals surface area contributed by atoms with Crippen molar-refractivity contribution in [3.63, 3.8) is 0 Å². The second-order valence-electron chi connectivity index (χ2n) is 3.27. The third kappa shape index (κ3) is 1.55. The summed E-state index contributed by atoms with van der Waals surface area (Å²) in [7, 11) is 2.73. The maximum Gasteiger partial charge on any atom is 0.341 e. The Morgan fingerprint density at radius 2 is 2.12 bits per heavy atom. The number of hydrogen-bond acceptors (Lipinski definition) is 5. The van der Waals surface area contributed by atoms with Crippen LogP contribution in [0.3, 0.4) is 0 Å². The molecule has 0 spiro atoms. The van der Waals surface area contributed by atoms with Gasteiger partial charge < -0.3 is 14.2 Å². The Labute approximate surface area is 91.9 Å². The van der Waals surface area contributed by atoms with E-state index in [-0.39, 0.29) is 0 Å². The lowest BCUT2D eigenvalue weighted by Crippen LogP contribution is -2.04. The molecule has 0 N–H and O–H groups in total. The number of ether oxygens (including phenoxy) is 3. The molecular weight excluding hydrogens is 212 g/mol. The number of fused-ring (bicyclic) bond motifs is 1. The molecule has 1 aromatic rings. The van der Waals surface area contributed by atoms with Gasteiger partial charge in [-0.1, -0.05) is 0 Å². The molecule has 1 atom stereocenters. The van der Waals surface area contributed by atoms with E-state index in [9.17, 15) is 9.59 Å². The molecule has 2 rings (SSSR count). The molecule has 0 amide bonds. The SMILES string of the molecule is COC(=O)c1ccc2c(c1)[C@H](OC)OC2=O. The normalized spacial score (nSPS) is 17.9. The zero-order chi connectivity index (χ0) is 11.7. The molecule has 0 bridgehead atoms. The van der Waals surface area contributed by atoms with Gasteiger partial charge in [0, 0.05) is 12.7 Å². The van der Waals surface area contributed by atoms with E-state index in [1.165, 1.54) is 26.4 Å². The Bertz CT molecular complexity index is 452. The molecule has 0 saturated carbocycles. The largest absolute Gasteiger partial charge is 0.465 e. The van der Waals surface area contributed by atoms with Gasteiger partial charge in [0.2, 0.25) is 6.29 Å². The van der Waals surface area contributed by atoms with Gasteiger partial charge in [-0.3, -0.25) is 0 Å². The molecule has 0 saturated heterocycles. The first kappa shape index (κ1) is 10.6. The number of carbonyl (C=O) groups is 2. The van der Waals surface area contributed by atoms with Crippen molar-refractivity contribution < 1.29 is 23.8 Å². The Hall–Kier alpha value is -1.88. The molecule has 5 heteroatoms. The zero-order valence-electron chi connectivity index (χ0n) is 8.85. The fourth-order valence-electron chi connectivity index (χ4n) is 1.59. The minimum absolute atomic E-state index is 0.363. The van der Waals surface area contributed by atoms with Gasteiger partial charge in [0.25, 0.3) is 0 Å². The van der Waals surface area contributed by atoms with Crippen molar-refractivity contribution in [1.29, 1.82) is 0 Å². The van der Waals surface area contributed by atoms with Crippen LogP contribution in [0, 0.1) is 0 Å². The van der Waals surface area contributed by atoms with Crippen molar-refractivity contribution in [2.24, 2.45) is 0 Å². The minimum Gasteiger partial charge on any atom is -0.465 e. The third-order valence-corrected chi connectivity index (χ3v) is 2.37. The maximum absolute atomic E-state index is 11.4. The van der Waals surface area contributed by atoms with Gasteiger partial charge in [-0.15, -0.1) is 0 Å². The topological polar surface area (TPSA) is 61.8 Å². The molecule has 84 valence electrons. The second-order valence-corrected chi connectivity index (χ2v) is 3.27. The van der Waals surface area contributed by atoms with E-state index in [1.54, 1.807) is 6.07 Å². The van der Waals surface area contributed by atoms with Gasteiger partial charge >= 0.3 is 11.9 Å². The molecule has 0 radical (unpaired) electrons. The minimum atomic E-state index is -0.743. The van der Waals surface area contributed by atoms with Gasteiger partial charge in [0.15, 0.2) is 0 Å². The molecule has 0 unspecified atom stereocenters. The average molecular weight is 222 g/mol. The van der Waals surface area contributed by atoms with E-state index < -0.39 is 18.2 Å². The summed E-state index contributed by atoms with van der Waals surface area (Å²) >= 11 is 0. The summed E-state index contributed by atoms with van der Waals surface area (Å²) in [6.07, 6.45) is -0.743. The van der Waals surface area contributed by atoms with E-state index in [2.05, 4.69) is 4.74 Å². The number of rotatable bonds is 2. The summed E-state index contributed by atoms with van der Waals surface area (Å²) in [5.41, 5.74) is 1.33. The summed E-state index contributed by atoms with van der Waals surface area (Å²) < 4.78 is 14.5. The highest BCUT2D eigenvalue weighted by Crippen LogP contribution is 2.31. The number of benzene rings is 1. The van der Waals surface area contributed by atoms with Crippen LogP contribution in [0.25, 0.3) is 0 Å². The summed E-state index contributed by atoms with van der Waals surface area (Å²) in [6, 6.07) is 4.59. The Morgan fingerprint density at radius 3 is 2.75 bits per heavy atom. The second kappa shape index (κ2) is 3.94. The van der Waals surface area contributed by atoms with Crippen LogP contribution in [-0.2, 0) is 14.2 Å². The third-order valence-electron chi connectivity index (χ3n) is 2.37. The molecule has 1 aromatic carbocycles. The van der Waals surface area contributed by atoms with Crippen molar-refractivity contribution in [3.8, 4) is 0 Å². The highest BCUT2D eigenvalue weighted by atomic mass is 16.7. The lowest BCUT2D eigenvalue weighted by molar-refractivity contribution is -0.0816. The maximum atomic E-state index is 11.4. The lowest BCUT2D eigenvalue weighted by Gasteiger charge is -2.07. The van der Waals surface area contributed by atoms with E-state index in [4.69, 9.17) is 9.47 Å². The molecule has 0 aliphatic carbocycles. The first-order chi connectivity index (χ1) is 7.67. The predicted molar refractivity (Wildman–Crippen MR) is 52.9 cm³/mol. The van der Waals surface area contributed by atoms with Gasteiger partial charge in [0.1, 0.15) is 0 Å². The summed E-state index contributed by atoms with van der Waals surface area (Å²) in [6.45, 7) is 0. The van der Waals surface area contributed by atoms with Crippen molar-refractivity contribution in [3.05, 3.63) is 34.9 Å². The van der Waals surface area contributed by atoms with Crippen LogP contribution in [0.4, 0.5) is 0 Å². The van der Waals surface area contributed by atoms with E-state index in [0.29, 0.717) is 16.7 Å². The monoisotopic (exact) mass is 222 g/mol. The Balaban J connectivity index is 2.45. The number of esters is 2. The molecule has 1 heterocycles. The van der Waals surface area contributed by atoms with Crippen LogP contribution < -0.4 is 0 Å². The first-order valence-electron chi connectivity index (χ1n) is 4.63. The smallest absolute Gasteiger partial charge is 0.341 e.